The van der Waals surface area contributed by atoms with Crippen molar-refractivity contribution in [1.29, 1.82) is 0 Å². The first-order chi connectivity index (χ1) is 4.61. The van der Waals surface area contributed by atoms with Crippen LogP contribution >= 0.6 is 11.6 Å². The third kappa shape index (κ3) is 1.19. The van der Waals surface area contributed by atoms with E-state index in [4.69, 9.17) is 11.6 Å². The standard InChI is InChI=1S/C6H7ClN2O/c1-4-6(10)9(2)3-5(7)8-4/h3H,1-2H3. The molecular weight excluding hydrogens is 152 g/mol. The first-order valence-corrected chi connectivity index (χ1v) is 3.19. The SMILES string of the molecule is Cc1nc(Cl)cn(C)c1=O. The van der Waals surface area contributed by atoms with Gasteiger partial charge in [-0.05, 0) is 6.92 Å². The minimum atomic E-state index is -0.107. The Morgan fingerprint density at radius 3 is 2.80 bits per heavy atom. The van der Waals surface area contributed by atoms with Crippen LogP contribution in [0.5, 0.6) is 0 Å². The predicted molar refractivity (Wildman–Crippen MR) is 39.2 cm³/mol. The third-order valence-electron chi connectivity index (χ3n) is 1.20. The highest BCUT2D eigenvalue weighted by molar-refractivity contribution is 6.29. The topological polar surface area (TPSA) is 34.9 Å². The van der Waals surface area contributed by atoms with Crippen LogP contribution in [0, 0.1) is 6.92 Å². The van der Waals surface area contributed by atoms with E-state index in [1.807, 2.05) is 0 Å². The molecule has 0 aliphatic rings. The van der Waals surface area contributed by atoms with Crippen molar-refractivity contribution in [2.45, 2.75) is 6.92 Å². The molecule has 0 aromatic carbocycles. The van der Waals surface area contributed by atoms with Gasteiger partial charge in [-0.1, -0.05) is 11.6 Å². The number of nitrogens with zero attached hydrogens (tertiary/aromatic N) is 2. The van der Waals surface area contributed by atoms with Crippen LogP contribution in [0.2, 0.25) is 5.15 Å². The van der Waals surface area contributed by atoms with Crippen molar-refractivity contribution in [1.82, 2.24) is 9.55 Å². The summed E-state index contributed by atoms with van der Waals surface area (Å²) in [5.41, 5.74) is 0.319. The second-order valence-electron chi connectivity index (χ2n) is 2.07. The fourth-order valence-electron chi connectivity index (χ4n) is 0.711. The van der Waals surface area contributed by atoms with Crippen LogP contribution in [0.25, 0.3) is 0 Å². The Bertz CT molecular complexity index is 279. The Labute approximate surface area is 63.3 Å². The van der Waals surface area contributed by atoms with Crippen molar-refractivity contribution < 1.29 is 0 Å². The molecule has 0 atom stereocenters. The summed E-state index contributed by atoms with van der Waals surface area (Å²) in [5.74, 6) is 0. The number of halogens is 1. The fourth-order valence-corrected chi connectivity index (χ4v) is 0.984. The Kier molecular flexibility index (Phi) is 1.76. The van der Waals surface area contributed by atoms with Gasteiger partial charge in [0.15, 0.2) is 0 Å². The summed E-state index contributed by atoms with van der Waals surface area (Å²) in [6.07, 6.45) is 1.48. The molecule has 0 aliphatic carbocycles. The smallest absolute Gasteiger partial charge is 0.271 e. The molecule has 0 fully saturated rings. The lowest BCUT2D eigenvalue weighted by molar-refractivity contribution is 0.823. The summed E-state index contributed by atoms with van der Waals surface area (Å²) in [6.45, 7) is 1.63. The van der Waals surface area contributed by atoms with Crippen LogP contribution in [0.3, 0.4) is 0 Å². The summed E-state index contributed by atoms with van der Waals surface area (Å²) in [7, 11) is 1.64. The van der Waals surface area contributed by atoms with Gasteiger partial charge in [-0.2, -0.15) is 0 Å². The lowest BCUT2D eigenvalue weighted by Crippen LogP contribution is -2.19. The zero-order valence-electron chi connectivity index (χ0n) is 5.76. The maximum atomic E-state index is 11.0. The van der Waals surface area contributed by atoms with E-state index >= 15 is 0 Å². The summed E-state index contributed by atoms with van der Waals surface area (Å²) < 4.78 is 1.41. The zero-order valence-corrected chi connectivity index (χ0v) is 6.51. The van der Waals surface area contributed by atoms with Gasteiger partial charge in [0.05, 0.1) is 0 Å². The van der Waals surface area contributed by atoms with Gasteiger partial charge in [-0.25, -0.2) is 4.98 Å². The highest BCUT2D eigenvalue weighted by Gasteiger charge is 1.97. The van der Waals surface area contributed by atoms with E-state index < -0.39 is 0 Å². The highest BCUT2D eigenvalue weighted by atomic mass is 35.5. The summed E-state index contributed by atoms with van der Waals surface area (Å²) in [6, 6.07) is 0. The van der Waals surface area contributed by atoms with Gasteiger partial charge in [0.25, 0.3) is 5.56 Å². The first-order valence-electron chi connectivity index (χ1n) is 2.81. The minimum absolute atomic E-state index is 0.107. The van der Waals surface area contributed by atoms with Crippen molar-refractivity contribution in [3.63, 3.8) is 0 Å². The van der Waals surface area contributed by atoms with Crippen molar-refractivity contribution in [3.05, 3.63) is 27.4 Å². The summed E-state index contributed by atoms with van der Waals surface area (Å²) in [5, 5.41) is 0.347. The van der Waals surface area contributed by atoms with Gasteiger partial charge in [0.1, 0.15) is 10.8 Å². The molecule has 1 aromatic heterocycles. The maximum Gasteiger partial charge on any atom is 0.271 e. The van der Waals surface area contributed by atoms with Crippen molar-refractivity contribution in [3.8, 4) is 0 Å². The van der Waals surface area contributed by atoms with Crippen LogP contribution in [0.1, 0.15) is 5.69 Å². The Morgan fingerprint density at radius 1 is 1.70 bits per heavy atom. The molecule has 1 heterocycles. The number of rotatable bonds is 0. The molecule has 4 heteroatoms. The van der Waals surface area contributed by atoms with E-state index in [0.29, 0.717) is 10.8 Å². The molecule has 0 amide bonds. The highest BCUT2D eigenvalue weighted by Crippen LogP contribution is 1.98. The molecule has 0 saturated carbocycles. The summed E-state index contributed by atoms with van der Waals surface area (Å²) in [4.78, 5) is 14.7. The lowest BCUT2D eigenvalue weighted by atomic mass is 10.5. The Morgan fingerprint density at radius 2 is 2.30 bits per heavy atom. The van der Waals surface area contributed by atoms with Crippen LogP contribution in [-0.2, 0) is 7.05 Å². The Hall–Kier alpha value is -0.830. The molecule has 1 rings (SSSR count). The molecule has 54 valence electrons. The first kappa shape index (κ1) is 7.28. The van der Waals surface area contributed by atoms with Gasteiger partial charge in [0.2, 0.25) is 0 Å². The van der Waals surface area contributed by atoms with Crippen LogP contribution in [-0.4, -0.2) is 9.55 Å². The monoisotopic (exact) mass is 158 g/mol. The molecule has 0 spiro atoms. The average Bonchev–Trinajstić information content (AvgIpc) is 1.82. The largest absolute Gasteiger partial charge is 0.314 e. The third-order valence-corrected chi connectivity index (χ3v) is 1.39. The van der Waals surface area contributed by atoms with Crippen molar-refractivity contribution in [2.75, 3.05) is 0 Å². The fraction of sp³-hybridized carbons (Fsp3) is 0.333. The van der Waals surface area contributed by atoms with Crippen LogP contribution < -0.4 is 5.56 Å². The second-order valence-corrected chi connectivity index (χ2v) is 2.45. The molecule has 0 bridgehead atoms. The van der Waals surface area contributed by atoms with Crippen LogP contribution in [0.4, 0.5) is 0 Å². The molecule has 0 aliphatic heterocycles. The molecule has 10 heavy (non-hydrogen) atoms. The molecule has 1 aromatic rings. The normalized spacial score (nSPS) is 9.90. The molecule has 0 N–H and O–H groups in total. The maximum absolute atomic E-state index is 11.0. The van der Waals surface area contributed by atoms with Crippen molar-refractivity contribution >= 4 is 11.6 Å². The van der Waals surface area contributed by atoms with E-state index in [2.05, 4.69) is 4.98 Å². The van der Waals surface area contributed by atoms with E-state index in [1.54, 1.807) is 14.0 Å². The average molecular weight is 159 g/mol. The van der Waals surface area contributed by atoms with Gasteiger partial charge in [0, 0.05) is 13.2 Å². The van der Waals surface area contributed by atoms with Gasteiger partial charge < -0.3 is 4.57 Å². The summed E-state index contributed by atoms with van der Waals surface area (Å²) >= 11 is 5.55. The lowest BCUT2D eigenvalue weighted by Gasteiger charge is -1.97. The number of aromatic nitrogens is 2. The van der Waals surface area contributed by atoms with Gasteiger partial charge in [-0.3, -0.25) is 4.79 Å². The van der Waals surface area contributed by atoms with E-state index in [-0.39, 0.29) is 5.56 Å². The molecular formula is C6H7ClN2O. The Balaban J connectivity index is 3.46. The molecule has 3 nitrogen and oxygen atoms in total. The molecule has 0 unspecified atom stereocenters. The predicted octanol–water partition coefficient (Wildman–Crippen LogP) is 0.742. The number of hydrogen-bond acceptors (Lipinski definition) is 2. The molecule has 0 saturated heterocycles. The quantitative estimate of drug-likeness (QED) is 0.558. The van der Waals surface area contributed by atoms with Gasteiger partial charge >= 0.3 is 0 Å². The van der Waals surface area contributed by atoms with Crippen molar-refractivity contribution in [2.24, 2.45) is 7.05 Å². The van der Waals surface area contributed by atoms with E-state index in [1.165, 1.54) is 10.8 Å². The zero-order chi connectivity index (χ0) is 7.72. The van der Waals surface area contributed by atoms with Crippen LogP contribution in [0.15, 0.2) is 11.0 Å². The second kappa shape index (κ2) is 2.42. The number of aryl methyl sites for hydroxylation is 2. The molecule has 0 radical (unpaired) electrons. The number of hydrogen-bond donors (Lipinski definition) is 0. The van der Waals surface area contributed by atoms with Gasteiger partial charge in [-0.15, -0.1) is 0 Å². The van der Waals surface area contributed by atoms with E-state index in [0.717, 1.165) is 0 Å². The van der Waals surface area contributed by atoms with E-state index in [9.17, 15) is 4.79 Å². The minimum Gasteiger partial charge on any atom is -0.314 e.